The number of carbonyl (C=O) groups is 1. The van der Waals surface area contributed by atoms with Crippen LogP contribution >= 0.6 is 0 Å². The summed E-state index contributed by atoms with van der Waals surface area (Å²) in [6.45, 7) is 2.70. The Balaban J connectivity index is 2.66. The van der Waals surface area contributed by atoms with E-state index in [0.29, 0.717) is 12.2 Å². The molecule has 0 radical (unpaired) electrons. The molecule has 5 heteroatoms. The maximum absolute atomic E-state index is 11.7. The van der Waals surface area contributed by atoms with Crippen molar-refractivity contribution in [1.29, 1.82) is 5.26 Å². The minimum atomic E-state index is -0.480. The van der Waals surface area contributed by atoms with Gasteiger partial charge < -0.3 is 15.7 Å². The number of anilines is 1. The highest BCUT2D eigenvalue weighted by molar-refractivity contribution is 6.06. The molecule has 0 bridgehead atoms. The molecular formula is C13H15N3O2. The number of hydrogen-bond donors (Lipinski definition) is 3. The Labute approximate surface area is 106 Å². The summed E-state index contributed by atoms with van der Waals surface area (Å²) in [6, 6.07) is 7.86. The van der Waals surface area contributed by atoms with Gasteiger partial charge in [0.15, 0.2) is 0 Å². The van der Waals surface area contributed by atoms with Gasteiger partial charge >= 0.3 is 0 Å². The first-order valence-electron chi connectivity index (χ1n) is 5.61. The standard InChI is InChI=1S/C13H15N3O2/c1-2-7-15-9-10(8-14)13(18)16-11-3-5-12(17)6-4-11/h3-6,9,15,17H,2,7H2,1H3,(H,16,18)/b10-9-. The molecule has 0 atom stereocenters. The first-order chi connectivity index (χ1) is 8.67. The van der Waals surface area contributed by atoms with Crippen LogP contribution in [-0.2, 0) is 4.79 Å². The van der Waals surface area contributed by atoms with Crippen LogP contribution in [-0.4, -0.2) is 17.6 Å². The molecule has 0 fully saturated rings. The maximum Gasteiger partial charge on any atom is 0.267 e. The lowest BCUT2D eigenvalue weighted by Crippen LogP contribution is -2.16. The van der Waals surface area contributed by atoms with Gasteiger partial charge in [-0.05, 0) is 30.7 Å². The summed E-state index contributed by atoms with van der Waals surface area (Å²) in [7, 11) is 0. The number of nitrogens with one attached hydrogen (secondary N) is 2. The predicted molar refractivity (Wildman–Crippen MR) is 68.7 cm³/mol. The Morgan fingerprint density at radius 3 is 2.67 bits per heavy atom. The predicted octanol–water partition coefficient (Wildman–Crippen LogP) is 1.74. The summed E-state index contributed by atoms with van der Waals surface area (Å²) >= 11 is 0. The van der Waals surface area contributed by atoms with Crippen molar-refractivity contribution in [2.24, 2.45) is 0 Å². The summed E-state index contributed by atoms with van der Waals surface area (Å²) in [5.74, 6) is -0.361. The first-order valence-corrected chi connectivity index (χ1v) is 5.61. The SMILES string of the molecule is CCCN/C=C(/C#N)C(=O)Nc1ccc(O)cc1. The minimum absolute atomic E-state index is 0.0107. The van der Waals surface area contributed by atoms with Crippen LogP contribution in [0.1, 0.15) is 13.3 Å². The van der Waals surface area contributed by atoms with Crippen molar-refractivity contribution in [3.05, 3.63) is 36.0 Å². The lowest BCUT2D eigenvalue weighted by Gasteiger charge is -2.04. The number of rotatable bonds is 5. The van der Waals surface area contributed by atoms with Crippen molar-refractivity contribution < 1.29 is 9.90 Å². The van der Waals surface area contributed by atoms with Gasteiger partial charge in [0.05, 0.1) is 0 Å². The highest BCUT2D eigenvalue weighted by Crippen LogP contribution is 2.14. The summed E-state index contributed by atoms with van der Waals surface area (Å²) < 4.78 is 0. The summed E-state index contributed by atoms with van der Waals surface area (Å²) in [6.07, 6.45) is 2.31. The zero-order valence-corrected chi connectivity index (χ0v) is 10.1. The number of nitriles is 1. The monoisotopic (exact) mass is 245 g/mol. The molecule has 18 heavy (non-hydrogen) atoms. The molecule has 5 nitrogen and oxygen atoms in total. The molecule has 1 amide bonds. The van der Waals surface area contributed by atoms with Crippen molar-refractivity contribution >= 4 is 11.6 Å². The van der Waals surface area contributed by atoms with E-state index in [4.69, 9.17) is 10.4 Å². The van der Waals surface area contributed by atoms with Gasteiger partial charge in [0.25, 0.3) is 5.91 Å². The second kappa shape index (κ2) is 6.97. The third kappa shape index (κ3) is 4.18. The minimum Gasteiger partial charge on any atom is -0.508 e. The van der Waals surface area contributed by atoms with Crippen LogP contribution in [0.2, 0.25) is 0 Å². The lowest BCUT2D eigenvalue weighted by atomic mass is 10.2. The zero-order valence-electron chi connectivity index (χ0n) is 10.1. The molecule has 94 valence electrons. The molecule has 0 aliphatic carbocycles. The Morgan fingerprint density at radius 2 is 2.11 bits per heavy atom. The van der Waals surface area contributed by atoms with E-state index in [2.05, 4.69) is 10.6 Å². The Bertz CT molecular complexity index is 472. The largest absolute Gasteiger partial charge is 0.508 e. The molecule has 1 aromatic rings. The highest BCUT2D eigenvalue weighted by Gasteiger charge is 2.08. The molecule has 0 heterocycles. The first kappa shape index (κ1) is 13.6. The van der Waals surface area contributed by atoms with Crippen LogP contribution in [0.3, 0.4) is 0 Å². The van der Waals surface area contributed by atoms with Gasteiger partial charge in [0.2, 0.25) is 0 Å². The van der Waals surface area contributed by atoms with E-state index >= 15 is 0 Å². The van der Waals surface area contributed by atoms with Crippen LogP contribution in [0.4, 0.5) is 5.69 Å². The van der Waals surface area contributed by atoms with E-state index in [1.54, 1.807) is 12.1 Å². The van der Waals surface area contributed by atoms with E-state index in [1.807, 2.05) is 13.0 Å². The maximum atomic E-state index is 11.7. The quantitative estimate of drug-likeness (QED) is 0.319. The van der Waals surface area contributed by atoms with Gasteiger partial charge in [-0.25, -0.2) is 0 Å². The number of carbonyl (C=O) groups excluding carboxylic acids is 1. The highest BCUT2D eigenvalue weighted by atomic mass is 16.3. The summed E-state index contributed by atoms with van der Waals surface area (Å²) in [5, 5.41) is 23.4. The molecule has 0 spiro atoms. The molecule has 0 saturated carbocycles. The van der Waals surface area contributed by atoms with E-state index in [9.17, 15) is 4.79 Å². The van der Waals surface area contributed by atoms with Crippen LogP contribution < -0.4 is 10.6 Å². The van der Waals surface area contributed by atoms with Crippen LogP contribution in [0, 0.1) is 11.3 Å². The number of nitrogens with zero attached hydrogens (tertiary/aromatic N) is 1. The lowest BCUT2D eigenvalue weighted by molar-refractivity contribution is -0.112. The van der Waals surface area contributed by atoms with Crippen molar-refractivity contribution in [2.75, 3.05) is 11.9 Å². The number of phenols is 1. The van der Waals surface area contributed by atoms with Crippen molar-refractivity contribution in [2.45, 2.75) is 13.3 Å². The van der Waals surface area contributed by atoms with Crippen molar-refractivity contribution in [3.63, 3.8) is 0 Å². The molecule has 0 aliphatic heterocycles. The van der Waals surface area contributed by atoms with E-state index in [0.717, 1.165) is 6.42 Å². The van der Waals surface area contributed by atoms with E-state index < -0.39 is 5.91 Å². The van der Waals surface area contributed by atoms with Gasteiger partial charge in [-0.15, -0.1) is 0 Å². The Hall–Kier alpha value is -2.48. The molecule has 3 N–H and O–H groups in total. The summed E-state index contributed by atoms with van der Waals surface area (Å²) in [4.78, 5) is 11.7. The van der Waals surface area contributed by atoms with Crippen LogP contribution in [0.15, 0.2) is 36.0 Å². The van der Waals surface area contributed by atoms with Gasteiger partial charge in [-0.2, -0.15) is 5.26 Å². The second-order valence-corrected chi connectivity index (χ2v) is 3.62. The number of benzene rings is 1. The molecule has 0 saturated heterocycles. The molecule has 1 rings (SSSR count). The number of phenolic OH excluding ortho intramolecular Hbond substituents is 1. The molecule has 1 aromatic carbocycles. The van der Waals surface area contributed by atoms with Crippen molar-refractivity contribution in [3.8, 4) is 11.8 Å². The van der Waals surface area contributed by atoms with E-state index in [1.165, 1.54) is 18.3 Å². The third-order valence-corrected chi connectivity index (χ3v) is 2.13. The molecule has 0 unspecified atom stereocenters. The Kier molecular flexibility index (Phi) is 5.26. The van der Waals surface area contributed by atoms with Gasteiger partial charge in [0, 0.05) is 18.4 Å². The summed E-state index contributed by atoms with van der Waals surface area (Å²) in [5.41, 5.74) is 0.533. The fourth-order valence-electron chi connectivity index (χ4n) is 1.21. The fraction of sp³-hybridized carbons (Fsp3) is 0.231. The normalized spacial score (nSPS) is 10.6. The Morgan fingerprint density at radius 1 is 1.44 bits per heavy atom. The van der Waals surface area contributed by atoms with Gasteiger partial charge in [-0.3, -0.25) is 4.79 Å². The molecular weight excluding hydrogens is 230 g/mol. The smallest absolute Gasteiger partial charge is 0.267 e. The van der Waals surface area contributed by atoms with Crippen molar-refractivity contribution in [1.82, 2.24) is 5.32 Å². The number of amides is 1. The number of aromatic hydroxyl groups is 1. The van der Waals surface area contributed by atoms with E-state index in [-0.39, 0.29) is 11.3 Å². The third-order valence-electron chi connectivity index (χ3n) is 2.13. The van der Waals surface area contributed by atoms with Crippen LogP contribution in [0.5, 0.6) is 5.75 Å². The van der Waals surface area contributed by atoms with Crippen LogP contribution in [0.25, 0.3) is 0 Å². The average molecular weight is 245 g/mol. The van der Waals surface area contributed by atoms with Gasteiger partial charge in [-0.1, -0.05) is 6.92 Å². The average Bonchev–Trinajstić information content (AvgIpc) is 2.37. The fourth-order valence-corrected chi connectivity index (χ4v) is 1.21. The van der Waals surface area contributed by atoms with Gasteiger partial charge in [0.1, 0.15) is 17.4 Å². The molecule has 0 aromatic heterocycles. The second-order valence-electron chi connectivity index (χ2n) is 3.62. The topological polar surface area (TPSA) is 85.2 Å². The molecule has 0 aliphatic rings. The zero-order chi connectivity index (χ0) is 13.4. The number of hydrogen-bond acceptors (Lipinski definition) is 4.